The molecule has 2 aromatic carbocycles. The van der Waals surface area contributed by atoms with Gasteiger partial charge in [0.1, 0.15) is 17.1 Å². The van der Waals surface area contributed by atoms with Gasteiger partial charge in [0.2, 0.25) is 0 Å². The van der Waals surface area contributed by atoms with Crippen molar-refractivity contribution in [2.45, 2.75) is 6.92 Å². The zero-order chi connectivity index (χ0) is 20.4. The Bertz CT molecular complexity index is 1030. The van der Waals surface area contributed by atoms with Gasteiger partial charge in [0.15, 0.2) is 0 Å². The predicted molar refractivity (Wildman–Crippen MR) is 117 cm³/mol. The van der Waals surface area contributed by atoms with Gasteiger partial charge in [-0.1, -0.05) is 23.7 Å². The van der Waals surface area contributed by atoms with Gasteiger partial charge >= 0.3 is 6.03 Å². The van der Waals surface area contributed by atoms with E-state index < -0.39 is 0 Å². The third-order valence-electron chi connectivity index (χ3n) is 5.20. The molecule has 29 heavy (non-hydrogen) atoms. The Hall–Kier alpha value is -2.99. The van der Waals surface area contributed by atoms with Crippen LogP contribution in [0.25, 0.3) is 10.9 Å². The van der Waals surface area contributed by atoms with Crippen molar-refractivity contribution in [3.63, 3.8) is 0 Å². The molecule has 0 atom stereocenters. The molecule has 1 aliphatic heterocycles. The summed E-state index contributed by atoms with van der Waals surface area (Å²) in [5.74, 6) is 1.69. The van der Waals surface area contributed by atoms with E-state index in [4.69, 9.17) is 21.3 Å². The number of fused-ring (bicyclic) bond motifs is 1. The van der Waals surface area contributed by atoms with Crippen molar-refractivity contribution in [2.24, 2.45) is 0 Å². The Morgan fingerprint density at radius 2 is 1.83 bits per heavy atom. The van der Waals surface area contributed by atoms with Crippen LogP contribution in [0.4, 0.5) is 16.3 Å². The van der Waals surface area contributed by atoms with E-state index in [1.807, 2.05) is 17.0 Å². The third-order valence-corrected chi connectivity index (χ3v) is 5.45. The number of nitrogens with one attached hydrogen (secondary N) is 1. The van der Waals surface area contributed by atoms with E-state index in [9.17, 15) is 4.79 Å². The number of nitrogens with zero attached hydrogens (tertiary/aromatic N) is 3. The molecule has 0 aliphatic carbocycles. The van der Waals surface area contributed by atoms with Crippen LogP contribution in [-0.4, -0.2) is 49.2 Å². The van der Waals surface area contributed by atoms with Gasteiger partial charge in [-0.05, 0) is 48.9 Å². The maximum atomic E-state index is 12.5. The van der Waals surface area contributed by atoms with Gasteiger partial charge in [-0.2, -0.15) is 0 Å². The number of aryl methyl sites for hydroxylation is 1. The van der Waals surface area contributed by atoms with Crippen molar-refractivity contribution < 1.29 is 9.53 Å². The van der Waals surface area contributed by atoms with Gasteiger partial charge in [-0.15, -0.1) is 0 Å². The second kappa shape index (κ2) is 8.17. The molecule has 0 bridgehead atoms. The lowest BCUT2D eigenvalue weighted by molar-refractivity contribution is 0.208. The Labute approximate surface area is 175 Å². The summed E-state index contributed by atoms with van der Waals surface area (Å²) in [6.07, 6.45) is 0. The zero-order valence-electron chi connectivity index (χ0n) is 16.5. The molecule has 1 aliphatic rings. The second-order valence-electron chi connectivity index (χ2n) is 7.06. The first-order valence-electron chi connectivity index (χ1n) is 9.56. The van der Waals surface area contributed by atoms with Crippen LogP contribution in [0.1, 0.15) is 5.56 Å². The van der Waals surface area contributed by atoms with Crippen LogP contribution >= 0.6 is 11.6 Å². The normalized spacial score (nSPS) is 14.2. The second-order valence-corrected chi connectivity index (χ2v) is 7.50. The largest absolute Gasteiger partial charge is 0.494 e. The monoisotopic (exact) mass is 410 g/mol. The van der Waals surface area contributed by atoms with Gasteiger partial charge in [0.25, 0.3) is 0 Å². The van der Waals surface area contributed by atoms with E-state index in [-0.39, 0.29) is 6.03 Å². The number of para-hydroxylation sites is 1. The number of ether oxygens (including phenoxy) is 1. The molecule has 3 aromatic rings. The van der Waals surface area contributed by atoms with Crippen LogP contribution in [0.15, 0.2) is 48.5 Å². The number of pyridine rings is 1. The summed E-state index contributed by atoms with van der Waals surface area (Å²) in [4.78, 5) is 21.4. The molecule has 2 heterocycles. The molecular weight excluding hydrogens is 388 g/mol. The van der Waals surface area contributed by atoms with Crippen LogP contribution in [0.3, 0.4) is 0 Å². The average molecular weight is 411 g/mol. The quantitative estimate of drug-likeness (QED) is 0.687. The van der Waals surface area contributed by atoms with Gasteiger partial charge in [-0.25, -0.2) is 9.78 Å². The number of piperazine rings is 1. The summed E-state index contributed by atoms with van der Waals surface area (Å²) >= 11 is 5.90. The van der Waals surface area contributed by atoms with Crippen molar-refractivity contribution in [2.75, 3.05) is 43.5 Å². The molecule has 7 heteroatoms. The van der Waals surface area contributed by atoms with E-state index >= 15 is 0 Å². The number of anilines is 2. The number of rotatable bonds is 3. The van der Waals surface area contributed by atoms with Gasteiger partial charge in [0.05, 0.1) is 7.11 Å². The zero-order valence-corrected chi connectivity index (χ0v) is 17.2. The van der Waals surface area contributed by atoms with Crippen molar-refractivity contribution >= 4 is 40.0 Å². The van der Waals surface area contributed by atoms with E-state index in [0.29, 0.717) is 18.1 Å². The van der Waals surface area contributed by atoms with Gasteiger partial charge in [-0.3, -0.25) is 0 Å². The topological polar surface area (TPSA) is 57.7 Å². The fourth-order valence-corrected chi connectivity index (χ4v) is 3.70. The number of amides is 2. The highest BCUT2D eigenvalue weighted by atomic mass is 35.5. The summed E-state index contributed by atoms with van der Waals surface area (Å²) in [7, 11) is 1.66. The maximum absolute atomic E-state index is 12.5. The van der Waals surface area contributed by atoms with Crippen LogP contribution in [-0.2, 0) is 0 Å². The van der Waals surface area contributed by atoms with Crippen molar-refractivity contribution in [1.82, 2.24) is 9.88 Å². The number of hydrogen-bond acceptors (Lipinski definition) is 4. The average Bonchev–Trinajstić information content (AvgIpc) is 2.75. The Kier molecular flexibility index (Phi) is 5.45. The number of carbonyl (C=O) groups is 1. The predicted octanol–water partition coefficient (Wildman–Crippen LogP) is 4.56. The smallest absolute Gasteiger partial charge is 0.321 e. The van der Waals surface area contributed by atoms with Crippen molar-refractivity contribution in [1.29, 1.82) is 0 Å². The number of hydrogen-bond donors (Lipinski definition) is 1. The van der Waals surface area contributed by atoms with E-state index in [2.05, 4.69) is 29.3 Å². The molecule has 1 saturated heterocycles. The summed E-state index contributed by atoms with van der Waals surface area (Å²) in [6.45, 7) is 4.79. The lowest BCUT2D eigenvalue weighted by atomic mass is 10.1. The van der Waals surface area contributed by atoms with Crippen LogP contribution < -0.4 is 15.0 Å². The molecular formula is C22H23ClN4O2. The number of carbonyl (C=O) groups excluding carboxylic acids is 1. The van der Waals surface area contributed by atoms with Crippen molar-refractivity contribution in [3.05, 3.63) is 59.1 Å². The Morgan fingerprint density at radius 3 is 2.52 bits per heavy atom. The first-order valence-corrected chi connectivity index (χ1v) is 9.94. The maximum Gasteiger partial charge on any atom is 0.321 e. The highest BCUT2D eigenvalue weighted by molar-refractivity contribution is 6.30. The minimum atomic E-state index is -0.101. The van der Waals surface area contributed by atoms with E-state index in [1.165, 1.54) is 0 Å². The highest BCUT2D eigenvalue weighted by Crippen LogP contribution is 2.29. The number of aromatic nitrogens is 1. The molecule has 0 spiro atoms. The molecule has 1 aromatic heterocycles. The molecule has 4 rings (SSSR count). The number of urea groups is 1. The fourth-order valence-electron chi connectivity index (χ4n) is 3.58. The fraction of sp³-hybridized carbons (Fsp3) is 0.273. The Morgan fingerprint density at radius 1 is 1.10 bits per heavy atom. The molecule has 1 fully saturated rings. The minimum Gasteiger partial charge on any atom is -0.494 e. The minimum absolute atomic E-state index is 0.101. The van der Waals surface area contributed by atoms with Crippen molar-refractivity contribution in [3.8, 4) is 5.75 Å². The molecule has 1 N–H and O–H groups in total. The summed E-state index contributed by atoms with van der Waals surface area (Å²) < 4.78 is 5.49. The number of benzene rings is 2. The summed E-state index contributed by atoms with van der Waals surface area (Å²) in [5.41, 5.74) is 2.76. The van der Waals surface area contributed by atoms with Gasteiger partial charge < -0.3 is 19.9 Å². The Balaban J connectivity index is 1.45. The number of halogens is 1. The highest BCUT2D eigenvalue weighted by Gasteiger charge is 2.23. The first-order chi connectivity index (χ1) is 14.0. The van der Waals surface area contributed by atoms with Gasteiger partial charge in [0, 0.05) is 42.3 Å². The molecule has 0 unspecified atom stereocenters. The molecule has 0 radical (unpaired) electrons. The lowest BCUT2D eigenvalue weighted by Gasteiger charge is -2.35. The molecule has 6 nitrogen and oxygen atoms in total. The molecule has 2 amide bonds. The first kappa shape index (κ1) is 19.3. The number of methoxy groups -OCH3 is 1. The summed E-state index contributed by atoms with van der Waals surface area (Å²) in [6, 6.07) is 15.1. The lowest BCUT2D eigenvalue weighted by Crippen LogP contribution is -2.50. The van der Waals surface area contributed by atoms with E-state index in [0.717, 1.165) is 46.8 Å². The standard InChI is InChI=1S/C22H23ClN4O2/c1-15-14-20(25-21-18(15)4-3-5-19(21)29-2)26-10-12-27(13-11-26)22(28)24-17-8-6-16(23)7-9-17/h3-9,14H,10-13H2,1-2H3,(H,24,28). The van der Waals surface area contributed by atoms with Crippen LogP contribution in [0, 0.1) is 6.92 Å². The molecule has 150 valence electrons. The van der Waals surface area contributed by atoms with Crippen LogP contribution in [0.2, 0.25) is 5.02 Å². The van der Waals surface area contributed by atoms with Crippen LogP contribution in [0.5, 0.6) is 5.75 Å². The summed E-state index contributed by atoms with van der Waals surface area (Å²) in [5, 5.41) is 4.66. The van der Waals surface area contributed by atoms with E-state index in [1.54, 1.807) is 31.4 Å². The molecule has 0 saturated carbocycles. The SMILES string of the molecule is COc1cccc2c(C)cc(N3CCN(C(=O)Nc4ccc(Cl)cc4)CC3)nc12. The third kappa shape index (κ3) is 4.07.